The van der Waals surface area contributed by atoms with Crippen LogP contribution >= 0.6 is 0 Å². The van der Waals surface area contributed by atoms with Gasteiger partial charge in [0.1, 0.15) is 5.82 Å². The minimum Gasteiger partial charge on any atom is -0.441 e. The molecule has 6 heteroatoms. The van der Waals surface area contributed by atoms with Crippen LogP contribution in [0.3, 0.4) is 0 Å². The Labute approximate surface area is 176 Å². The molecule has 4 rings (SSSR count). The molecule has 0 aliphatic rings. The average molecular weight is 402 g/mol. The molecule has 2 aromatic carbocycles. The van der Waals surface area contributed by atoms with Crippen LogP contribution in [0.1, 0.15) is 38.0 Å². The molecule has 2 aromatic heterocycles. The Hall–Kier alpha value is -3.41. The van der Waals surface area contributed by atoms with Gasteiger partial charge in [-0.3, -0.25) is 4.79 Å². The molecule has 6 nitrogen and oxygen atoms in total. The van der Waals surface area contributed by atoms with E-state index in [0.717, 1.165) is 22.4 Å². The summed E-state index contributed by atoms with van der Waals surface area (Å²) in [7, 11) is 1.99. The summed E-state index contributed by atoms with van der Waals surface area (Å²) in [6.45, 7) is 4.18. The lowest BCUT2D eigenvalue weighted by molar-refractivity contribution is -0.122. The van der Waals surface area contributed by atoms with Gasteiger partial charge in [-0.2, -0.15) is 0 Å². The molecule has 0 aliphatic carbocycles. The Bertz CT molecular complexity index is 1140. The zero-order valence-corrected chi connectivity index (χ0v) is 17.5. The number of nitrogens with zero attached hydrogens (tertiary/aromatic N) is 3. The average Bonchev–Trinajstić information content (AvgIpc) is 3.36. The van der Waals surface area contributed by atoms with Crippen LogP contribution in [0.4, 0.5) is 0 Å². The van der Waals surface area contributed by atoms with Crippen LogP contribution in [-0.4, -0.2) is 20.4 Å². The van der Waals surface area contributed by atoms with Crippen molar-refractivity contribution in [3.05, 3.63) is 72.5 Å². The van der Waals surface area contributed by atoms with Crippen LogP contribution in [-0.2, 0) is 18.3 Å². The normalized spacial score (nSPS) is 12.4. The van der Waals surface area contributed by atoms with Gasteiger partial charge in [-0.1, -0.05) is 56.3 Å². The van der Waals surface area contributed by atoms with Crippen LogP contribution in [0.5, 0.6) is 0 Å². The summed E-state index contributed by atoms with van der Waals surface area (Å²) in [6, 6.07) is 17.7. The molecule has 0 saturated heterocycles. The number of nitrogens with one attached hydrogen (secondary N) is 1. The van der Waals surface area contributed by atoms with Crippen molar-refractivity contribution in [3.63, 3.8) is 0 Å². The highest BCUT2D eigenvalue weighted by molar-refractivity contribution is 5.78. The maximum atomic E-state index is 12.7. The van der Waals surface area contributed by atoms with Gasteiger partial charge in [-0.15, -0.1) is 0 Å². The Morgan fingerprint density at radius 2 is 1.83 bits per heavy atom. The van der Waals surface area contributed by atoms with Gasteiger partial charge in [-0.25, -0.2) is 9.97 Å². The molecule has 154 valence electrons. The second kappa shape index (κ2) is 8.53. The van der Waals surface area contributed by atoms with Gasteiger partial charge in [0.05, 0.1) is 23.3 Å². The predicted molar refractivity (Wildman–Crippen MR) is 117 cm³/mol. The molecule has 1 amide bonds. The highest BCUT2D eigenvalue weighted by atomic mass is 16.4. The molecule has 0 radical (unpaired) electrons. The number of fused-ring (bicyclic) bond motifs is 1. The highest BCUT2D eigenvalue weighted by Crippen LogP contribution is 2.25. The molecule has 1 atom stereocenters. The third-order valence-electron chi connectivity index (χ3n) is 5.26. The van der Waals surface area contributed by atoms with Gasteiger partial charge in [0.25, 0.3) is 0 Å². The van der Waals surface area contributed by atoms with E-state index in [9.17, 15) is 4.79 Å². The second-order valence-electron chi connectivity index (χ2n) is 7.79. The summed E-state index contributed by atoms with van der Waals surface area (Å²) in [4.78, 5) is 21.8. The number of para-hydroxylation sites is 2. The number of rotatable bonds is 7. The van der Waals surface area contributed by atoms with Crippen LogP contribution in [0.25, 0.3) is 22.4 Å². The largest absolute Gasteiger partial charge is 0.441 e. The number of aromatic nitrogens is 3. The van der Waals surface area contributed by atoms with Gasteiger partial charge in [-0.05, 0) is 18.1 Å². The van der Waals surface area contributed by atoms with Crippen molar-refractivity contribution in [2.45, 2.75) is 32.7 Å². The summed E-state index contributed by atoms with van der Waals surface area (Å²) < 4.78 is 7.86. The third kappa shape index (κ3) is 4.13. The van der Waals surface area contributed by atoms with Crippen molar-refractivity contribution in [1.29, 1.82) is 0 Å². The minimum atomic E-state index is -0.167. The molecule has 0 aliphatic heterocycles. The standard InChI is InChI=1S/C24H26N4O2/c1-16(2)23(24-26-18-11-7-8-12-19(18)28(24)3)27-21(29)13-14-22-25-15-20(30-22)17-9-5-4-6-10-17/h4-12,15-16,23H,13-14H2,1-3H3,(H,27,29)/t23-/m0/s1. The summed E-state index contributed by atoms with van der Waals surface area (Å²) in [5.41, 5.74) is 2.96. The first-order valence-electron chi connectivity index (χ1n) is 10.2. The fourth-order valence-corrected chi connectivity index (χ4v) is 3.60. The summed E-state index contributed by atoms with van der Waals surface area (Å²) in [5, 5.41) is 3.15. The molecular formula is C24H26N4O2. The van der Waals surface area contributed by atoms with Gasteiger partial charge < -0.3 is 14.3 Å². The second-order valence-corrected chi connectivity index (χ2v) is 7.79. The Kier molecular flexibility index (Phi) is 5.65. The third-order valence-corrected chi connectivity index (χ3v) is 5.26. The monoisotopic (exact) mass is 402 g/mol. The van der Waals surface area contributed by atoms with Crippen LogP contribution in [0.2, 0.25) is 0 Å². The highest BCUT2D eigenvalue weighted by Gasteiger charge is 2.24. The van der Waals surface area contributed by atoms with E-state index in [0.29, 0.717) is 24.5 Å². The van der Waals surface area contributed by atoms with Crippen LogP contribution in [0, 0.1) is 5.92 Å². The summed E-state index contributed by atoms with van der Waals surface area (Å²) >= 11 is 0. The number of hydrogen-bond donors (Lipinski definition) is 1. The number of carbonyl (C=O) groups excluding carboxylic acids is 1. The van der Waals surface area contributed by atoms with E-state index < -0.39 is 0 Å². The molecule has 30 heavy (non-hydrogen) atoms. The van der Waals surface area contributed by atoms with E-state index >= 15 is 0 Å². The fourth-order valence-electron chi connectivity index (χ4n) is 3.60. The Morgan fingerprint density at radius 3 is 2.57 bits per heavy atom. The van der Waals surface area contributed by atoms with Gasteiger partial charge in [0.2, 0.25) is 5.91 Å². The maximum absolute atomic E-state index is 12.7. The number of carbonyl (C=O) groups is 1. The quantitative estimate of drug-likeness (QED) is 0.487. The van der Waals surface area contributed by atoms with Gasteiger partial charge >= 0.3 is 0 Å². The van der Waals surface area contributed by atoms with E-state index in [-0.39, 0.29) is 17.9 Å². The predicted octanol–water partition coefficient (Wildman–Crippen LogP) is 4.67. The first kappa shape index (κ1) is 19.9. The lowest BCUT2D eigenvalue weighted by Gasteiger charge is -2.22. The maximum Gasteiger partial charge on any atom is 0.221 e. The van der Waals surface area contributed by atoms with Crippen molar-refractivity contribution >= 4 is 16.9 Å². The van der Waals surface area contributed by atoms with Crippen LogP contribution in [0.15, 0.2) is 65.2 Å². The molecule has 0 saturated carbocycles. The van der Waals surface area contributed by atoms with Crippen molar-refractivity contribution in [2.24, 2.45) is 13.0 Å². The SMILES string of the molecule is CC(C)[C@H](NC(=O)CCc1ncc(-c2ccccc2)o1)c1nc2ccccc2n1C. The van der Waals surface area contributed by atoms with Crippen LogP contribution < -0.4 is 5.32 Å². The summed E-state index contributed by atoms with van der Waals surface area (Å²) in [6.07, 6.45) is 2.47. The number of imidazole rings is 1. The molecule has 4 aromatic rings. The first-order valence-corrected chi connectivity index (χ1v) is 10.2. The molecule has 1 N–H and O–H groups in total. The van der Waals surface area contributed by atoms with E-state index in [1.165, 1.54) is 0 Å². The van der Waals surface area contributed by atoms with Crippen molar-refractivity contribution in [3.8, 4) is 11.3 Å². The zero-order valence-electron chi connectivity index (χ0n) is 17.5. The molecule has 0 unspecified atom stereocenters. The Balaban J connectivity index is 1.43. The van der Waals surface area contributed by atoms with Gasteiger partial charge in [0, 0.05) is 25.5 Å². The zero-order chi connectivity index (χ0) is 21.1. The number of oxazole rings is 1. The lowest BCUT2D eigenvalue weighted by Crippen LogP contribution is -2.33. The van der Waals surface area contributed by atoms with E-state index in [1.807, 2.05) is 61.6 Å². The molecule has 0 spiro atoms. The molecule has 0 bridgehead atoms. The number of hydrogen-bond acceptors (Lipinski definition) is 4. The van der Waals surface area contributed by atoms with Crippen molar-refractivity contribution < 1.29 is 9.21 Å². The molecular weight excluding hydrogens is 376 g/mol. The fraction of sp³-hybridized carbons (Fsp3) is 0.292. The van der Waals surface area contributed by atoms with E-state index in [2.05, 4.69) is 28.7 Å². The molecule has 0 fully saturated rings. The summed E-state index contributed by atoms with van der Waals surface area (Å²) in [5.74, 6) is 2.30. The smallest absolute Gasteiger partial charge is 0.221 e. The lowest BCUT2D eigenvalue weighted by atomic mass is 10.0. The number of amides is 1. The number of aryl methyl sites for hydroxylation is 2. The van der Waals surface area contributed by atoms with E-state index in [4.69, 9.17) is 9.40 Å². The molecule has 2 heterocycles. The van der Waals surface area contributed by atoms with Gasteiger partial charge in [0.15, 0.2) is 11.7 Å². The first-order chi connectivity index (χ1) is 14.5. The number of benzene rings is 2. The Morgan fingerprint density at radius 1 is 1.10 bits per heavy atom. The van der Waals surface area contributed by atoms with E-state index in [1.54, 1.807) is 6.20 Å². The minimum absolute atomic E-state index is 0.0415. The van der Waals surface area contributed by atoms with Crippen molar-refractivity contribution in [2.75, 3.05) is 0 Å². The topological polar surface area (TPSA) is 73.0 Å². The van der Waals surface area contributed by atoms with Crippen molar-refractivity contribution in [1.82, 2.24) is 19.9 Å².